The Kier molecular flexibility index (Phi) is 4.72. The van der Waals surface area contributed by atoms with E-state index in [-0.39, 0.29) is 5.91 Å². The molecule has 100 valence electrons. The highest BCUT2D eigenvalue weighted by molar-refractivity contribution is 5.92. The quantitative estimate of drug-likeness (QED) is 0.882. The van der Waals surface area contributed by atoms with Gasteiger partial charge in [0.2, 0.25) is 0 Å². The van der Waals surface area contributed by atoms with Gasteiger partial charge in [-0.05, 0) is 31.6 Å². The number of carbonyl (C=O) groups is 1. The van der Waals surface area contributed by atoms with E-state index in [4.69, 9.17) is 4.74 Å². The highest BCUT2D eigenvalue weighted by atomic mass is 16.5. The van der Waals surface area contributed by atoms with Crippen molar-refractivity contribution in [1.82, 2.24) is 10.3 Å². The van der Waals surface area contributed by atoms with Crippen LogP contribution >= 0.6 is 0 Å². The first-order chi connectivity index (χ1) is 9.29. The van der Waals surface area contributed by atoms with Crippen LogP contribution in [0.1, 0.15) is 30.3 Å². The van der Waals surface area contributed by atoms with Gasteiger partial charge in [-0.15, -0.1) is 0 Å². The molecule has 1 aromatic heterocycles. The molecule has 19 heavy (non-hydrogen) atoms. The number of nitrogens with zero attached hydrogens (tertiary/aromatic N) is 1. The molecule has 0 bridgehead atoms. The summed E-state index contributed by atoms with van der Waals surface area (Å²) in [6, 6.07) is 5.30. The highest BCUT2D eigenvalue weighted by Crippen LogP contribution is 2.18. The molecule has 1 aliphatic carbocycles. The van der Waals surface area contributed by atoms with Crippen molar-refractivity contribution in [2.45, 2.75) is 19.8 Å². The summed E-state index contributed by atoms with van der Waals surface area (Å²) >= 11 is 0. The molecule has 0 spiro atoms. The number of ether oxygens (including phenoxy) is 1. The first kappa shape index (κ1) is 13.3. The first-order valence-electron chi connectivity index (χ1n) is 6.50. The summed E-state index contributed by atoms with van der Waals surface area (Å²) in [4.78, 5) is 15.8. The second-order valence-corrected chi connectivity index (χ2v) is 4.29. The number of allylic oxidation sites excluding steroid dienone is 3. The van der Waals surface area contributed by atoms with Crippen molar-refractivity contribution in [2.75, 3.05) is 13.2 Å². The Hall–Kier alpha value is -2.10. The standard InChI is InChI=1S/C15H18N2O2/c1-2-19-13-8-6-12(7-9-13)11-17-15(18)14-5-3-4-10-16-14/h3-6,8,10H,2,7,9,11H2,1H3,(H,17,18). The van der Waals surface area contributed by atoms with Gasteiger partial charge in [0.15, 0.2) is 0 Å². The lowest BCUT2D eigenvalue weighted by Gasteiger charge is -2.15. The van der Waals surface area contributed by atoms with Gasteiger partial charge >= 0.3 is 0 Å². The SMILES string of the molecule is CCOC1=CC=C(CNC(=O)c2ccccn2)CC1. The predicted octanol–water partition coefficient (Wildman–Crippen LogP) is 2.45. The van der Waals surface area contributed by atoms with E-state index in [1.165, 1.54) is 5.57 Å². The van der Waals surface area contributed by atoms with Crippen molar-refractivity contribution < 1.29 is 9.53 Å². The molecule has 0 saturated heterocycles. The third kappa shape index (κ3) is 3.95. The lowest BCUT2D eigenvalue weighted by atomic mass is 10.0. The fourth-order valence-electron chi connectivity index (χ4n) is 1.90. The molecule has 4 heteroatoms. The minimum absolute atomic E-state index is 0.138. The van der Waals surface area contributed by atoms with Crippen LogP contribution in [0.2, 0.25) is 0 Å². The summed E-state index contributed by atoms with van der Waals surface area (Å²) < 4.78 is 5.45. The number of aromatic nitrogens is 1. The van der Waals surface area contributed by atoms with Crippen molar-refractivity contribution in [1.29, 1.82) is 0 Å². The topological polar surface area (TPSA) is 51.2 Å². The van der Waals surface area contributed by atoms with E-state index in [9.17, 15) is 4.79 Å². The Morgan fingerprint density at radius 2 is 2.26 bits per heavy atom. The minimum atomic E-state index is -0.138. The van der Waals surface area contributed by atoms with Gasteiger partial charge in [-0.1, -0.05) is 17.7 Å². The summed E-state index contributed by atoms with van der Waals surface area (Å²) in [7, 11) is 0. The van der Waals surface area contributed by atoms with Crippen LogP contribution in [0.15, 0.2) is 47.9 Å². The second-order valence-electron chi connectivity index (χ2n) is 4.29. The van der Waals surface area contributed by atoms with Crippen LogP contribution in [0.25, 0.3) is 0 Å². The van der Waals surface area contributed by atoms with E-state index < -0.39 is 0 Å². The van der Waals surface area contributed by atoms with Gasteiger partial charge in [0.25, 0.3) is 5.91 Å². The Balaban J connectivity index is 1.85. The Labute approximate surface area is 113 Å². The molecule has 0 radical (unpaired) electrons. The van der Waals surface area contributed by atoms with Crippen LogP contribution in [0, 0.1) is 0 Å². The van der Waals surface area contributed by atoms with Crippen molar-refractivity contribution >= 4 is 5.91 Å². The van der Waals surface area contributed by atoms with Crippen LogP contribution < -0.4 is 5.32 Å². The number of hydrogen-bond acceptors (Lipinski definition) is 3. The monoisotopic (exact) mass is 258 g/mol. The summed E-state index contributed by atoms with van der Waals surface area (Å²) in [5, 5.41) is 2.88. The zero-order valence-corrected chi connectivity index (χ0v) is 11.1. The first-order valence-corrected chi connectivity index (χ1v) is 6.50. The Bertz CT molecular complexity index is 492. The number of rotatable bonds is 5. The van der Waals surface area contributed by atoms with Crippen LogP contribution in [0.3, 0.4) is 0 Å². The maximum Gasteiger partial charge on any atom is 0.270 e. The van der Waals surface area contributed by atoms with Gasteiger partial charge < -0.3 is 10.1 Å². The third-order valence-corrected chi connectivity index (χ3v) is 2.90. The average molecular weight is 258 g/mol. The lowest BCUT2D eigenvalue weighted by Crippen LogP contribution is -2.26. The molecule has 1 aliphatic rings. The van der Waals surface area contributed by atoms with E-state index in [1.807, 2.05) is 19.1 Å². The maximum atomic E-state index is 11.8. The normalized spacial score (nSPS) is 14.4. The molecule has 0 aliphatic heterocycles. The number of hydrogen-bond donors (Lipinski definition) is 1. The lowest BCUT2D eigenvalue weighted by molar-refractivity contribution is 0.0951. The largest absolute Gasteiger partial charge is 0.498 e. The van der Waals surface area contributed by atoms with Gasteiger partial charge in [0.05, 0.1) is 12.4 Å². The molecule has 1 N–H and O–H groups in total. The zero-order chi connectivity index (χ0) is 13.5. The molecule has 0 atom stereocenters. The Morgan fingerprint density at radius 1 is 1.37 bits per heavy atom. The maximum absolute atomic E-state index is 11.8. The summed E-state index contributed by atoms with van der Waals surface area (Å²) in [6.45, 7) is 3.24. The molecule has 0 saturated carbocycles. The van der Waals surface area contributed by atoms with Crippen molar-refractivity contribution in [3.8, 4) is 0 Å². The molecule has 1 aromatic rings. The minimum Gasteiger partial charge on any atom is -0.498 e. The molecule has 4 nitrogen and oxygen atoms in total. The summed E-state index contributed by atoms with van der Waals surface area (Å²) in [5.41, 5.74) is 1.65. The molecular weight excluding hydrogens is 240 g/mol. The molecule has 0 unspecified atom stereocenters. The van der Waals surface area contributed by atoms with Crippen molar-refractivity contribution in [2.24, 2.45) is 0 Å². The van der Waals surface area contributed by atoms with Gasteiger partial charge in [0.1, 0.15) is 5.69 Å². The van der Waals surface area contributed by atoms with Crippen LogP contribution in [0.4, 0.5) is 0 Å². The van der Waals surface area contributed by atoms with Crippen molar-refractivity contribution in [3.63, 3.8) is 0 Å². The molecule has 1 heterocycles. The van der Waals surface area contributed by atoms with E-state index >= 15 is 0 Å². The van der Waals surface area contributed by atoms with E-state index in [0.717, 1.165) is 18.6 Å². The number of pyridine rings is 1. The van der Waals surface area contributed by atoms with Gasteiger partial charge in [-0.25, -0.2) is 0 Å². The fraction of sp³-hybridized carbons (Fsp3) is 0.333. The van der Waals surface area contributed by atoms with Crippen LogP contribution in [-0.2, 0) is 4.74 Å². The van der Waals surface area contributed by atoms with Crippen LogP contribution in [-0.4, -0.2) is 24.0 Å². The van der Waals surface area contributed by atoms with E-state index in [1.54, 1.807) is 24.4 Å². The molecule has 1 amide bonds. The molecule has 0 fully saturated rings. The van der Waals surface area contributed by atoms with Crippen molar-refractivity contribution in [3.05, 3.63) is 53.6 Å². The predicted molar refractivity (Wildman–Crippen MR) is 73.6 cm³/mol. The van der Waals surface area contributed by atoms with E-state index in [2.05, 4.69) is 10.3 Å². The van der Waals surface area contributed by atoms with E-state index in [0.29, 0.717) is 18.8 Å². The summed E-state index contributed by atoms with van der Waals surface area (Å²) in [5.74, 6) is 0.878. The zero-order valence-electron chi connectivity index (χ0n) is 11.1. The second kappa shape index (κ2) is 6.73. The molecular formula is C15H18N2O2. The highest BCUT2D eigenvalue weighted by Gasteiger charge is 2.10. The average Bonchev–Trinajstić information content (AvgIpc) is 2.47. The third-order valence-electron chi connectivity index (χ3n) is 2.90. The Morgan fingerprint density at radius 3 is 2.89 bits per heavy atom. The van der Waals surface area contributed by atoms with Gasteiger partial charge in [0, 0.05) is 19.2 Å². The number of carbonyl (C=O) groups excluding carboxylic acids is 1. The number of amides is 1. The smallest absolute Gasteiger partial charge is 0.270 e. The summed E-state index contributed by atoms with van der Waals surface area (Å²) in [6.07, 6.45) is 7.45. The fourth-order valence-corrected chi connectivity index (χ4v) is 1.90. The molecule has 2 rings (SSSR count). The van der Waals surface area contributed by atoms with Gasteiger partial charge in [-0.3, -0.25) is 9.78 Å². The van der Waals surface area contributed by atoms with Crippen LogP contribution in [0.5, 0.6) is 0 Å². The number of nitrogens with one attached hydrogen (secondary N) is 1. The van der Waals surface area contributed by atoms with Gasteiger partial charge in [-0.2, -0.15) is 0 Å². The molecule has 0 aromatic carbocycles.